The molecule has 0 amide bonds. The summed E-state index contributed by atoms with van der Waals surface area (Å²) in [6.45, 7) is 4.38. The molecule has 8 heteroatoms. The van der Waals surface area contributed by atoms with Gasteiger partial charge in [0.15, 0.2) is 0 Å². The fourth-order valence-electron chi connectivity index (χ4n) is 5.00. The number of aliphatic hydroxyl groups excluding tert-OH is 1. The molecule has 0 bridgehead atoms. The Bertz CT molecular complexity index is 1050. The number of nitrogens with zero attached hydrogens (tertiary/aromatic N) is 3. The number of aliphatic imine (C=N–C) groups is 1. The predicted octanol–water partition coefficient (Wildman–Crippen LogP) is 3.70. The zero-order valence-corrected chi connectivity index (χ0v) is 20.4. The molecule has 8 nitrogen and oxygen atoms in total. The van der Waals surface area contributed by atoms with Gasteiger partial charge in [-0.2, -0.15) is 0 Å². The van der Waals surface area contributed by atoms with Gasteiger partial charge in [0, 0.05) is 42.7 Å². The van der Waals surface area contributed by atoms with Gasteiger partial charge in [-0.15, -0.1) is 0 Å². The SMILES string of the molecule is CCO.CN1CCC(C2CC=CC3=C2N=CC2=CCCc4ccn3c42)CC1.O=C(O)/C=C/C(=O)O. The second-order valence-corrected chi connectivity index (χ2v) is 9.00. The van der Waals surface area contributed by atoms with Gasteiger partial charge in [0.2, 0.25) is 0 Å². The van der Waals surface area contributed by atoms with Gasteiger partial charge in [0.25, 0.3) is 0 Å². The van der Waals surface area contributed by atoms with Gasteiger partial charge in [0.05, 0.1) is 17.1 Å². The van der Waals surface area contributed by atoms with Crippen molar-refractivity contribution < 1.29 is 24.9 Å². The molecule has 0 spiro atoms. The van der Waals surface area contributed by atoms with E-state index in [2.05, 4.69) is 53.2 Å². The van der Waals surface area contributed by atoms with Crippen LogP contribution in [0.2, 0.25) is 0 Å². The van der Waals surface area contributed by atoms with E-state index in [9.17, 15) is 9.59 Å². The van der Waals surface area contributed by atoms with Crippen LogP contribution >= 0.6 is 0 Å². The van der Waals surface area contributed by atoms with Crippen LogP contribution in [-0.2, 0) is 16.0 Å². The summed E-state index contributed by atoms with van der Waals surface area (Å²) in [4.78, 5) is 26.6. The lowest BCUT2D eigenvalue weighted by molar-refractivity contribution is -0.134. The van der Waals surface area contributed by atoms with Gasteiger partial charge in [0.1, 0.15) is 0 Å². The number of rotatable bonds is 3. The molecule has 35 heavy (non-hydrogen) atoms. The summed E-state index contributed by atoms with van der Waals surface area (Å²) >= 11 is 0. The number of carbonyl (C=O) groups is 2. The van der Waals surface area contributed by atoms with E-state index >= 15 is 0 Å². The highest BCUT2D eigenvalue weighted by Gasteiger charge is 2.32. The van der Waals surface area contributed by atoms with Gasteiger partial charge in [-0.05, 0) is 82.8 Å². The van der Waals surface area contributed by atoms with E-state index in [1.165, 1.54) is 54.2 Å². The Hall–Kier alpha value is -3.23. The molecule has 2 aliphatic carbocycles. The van der Waals surface area contributed by atoms with Crippen LogP contribution in [0.3, 0.4) is 0 Å². The molecule has 188 valence electrons. The monoisotopic (exact) mass is 481 g/mol. The van der Waals surface area contributed by atoms with Gasteiger partial charge in [-0.25, -0.2) is 9.59 Å². The third kappa shape index (κ3) is 6.68. The molecular formula is C27H35N3O5. The van der Waals surface area contributed by atoms with Gasteiger partial charge < -0.3 is 24.8 Å². The van der Waals surface area contributed by atoms with E-state index in [4.69, 9.17) is 20.3 Å². The van der Waals surface area contributed by atoms with Gasteiger partial charge >= 0.3 is 11.9 Å². The summed E-state index contributed by atoms with van der Waals surface area (Å²) in [6.07, 6.45) is 18.6. The maximum absolute atomic E-state index is 9.55. The van der Waals surface area contributed by atoms with E-state index in [-0.39, 0.29) is 6.61 Å². The number of hydrogen-bond acceptors (Lipinski definition) is 5. The predicted molar refractivity (Wildman–Crippen MR) is 137 cm³/mol. The third-order valence-electron chi connectivity index (χ3n) is 6.60. The highest BCUT2D eigenvalue weighted by atomic mass is 16.4. The van der Waals surface area contributed by atoms with Crippen molar-refractivity contribution >= 4 is 29.4 Å². The maximum Gasteiger partial charge on any atom is 0.328 e. The summed E-state index contributed by atoms with van der Waals surface area (Å²) in [7, 11) is 2.24. The van der Waals surface area contributed by atoms with Crippen LogP contribution in [0.25, 0.3) is 11.3 Å². The number of aliphatic carboxylic acids is 2. The minimum absolute atomic E-state index is 0.250. The van der Waals surface area contributed by atoms with E-state index in [0.29, 0.717) is 18.1 Å². The largest absolute Gasteiger partial charge is 0.478 e. The highest BCUT2D eigenvalue weighted by Crippen LogP contribution is 2.42. The van der Waals surface area contributed by atoms with Crippen molar-refractivity contribution in [2.75, 3.05) is 26.7 Å². The minimum Gasteiger partial charge on any atom is -0.478 e. The Labute approximate surface area is 206 Å². The summed E-state index contributed by atoms with van der Waals surface area (Å²) in [5.41, 5.74) is 6.80. The number of carboxylic acids is 2. The Morgan fingerprint density at radius 1 is 1.17 bits per heavy atom. The van der Waals surface area contributed by atoms with Crippen molar-refractivity contribution in [1.29, 1.82) is 0 Å². The lowest BCUT2D eigenvalue weighted by atomic mass is 9.78. The first-order valence-corrected chi connectivity index (χ1v) is 12.1. The summed E-state index contributed by atoms with van der Waals surface area (Å²) < 4.78 is 2.40. The molecule has 3 N–H and O–H groups in total. The number of piperidine rings is 1. The number of aliphatic hydroxyl groups is 1. The molecule has 1 atom stereocenters. The van der Waals surface area contributed by atoms with Crippen molar-refractivity contribution in [1.82, 2.24) is 9.47 Å². The molecule has 4 aliphatic rings. The van der Waals surface area contributed by atoms with Crippen molar-refractivity contribution in [3.63, 3.8) is 0 Å². The molecule has 1 aromatic rings. The Morgan fingerprint density at radius 2 is 1.83 bits per heavy atom. The van der Waals surface area contributed by atoms with Crippen LogP contribution in [0.4, 0.5) is 0 Å². The average molecular weight is 482 g/mol. The maximum atomic E-state index is 9.55. The molecule has 0 radical (unpaired) electrons. The number of carboxylic acid groups (broad SMARTS) is 2. The second-order valence-electron chi connectivity index (χ2n) is 9.00. The zero-order valence-electron chi connectivity index (χ0n) is 20.4. The minimum atomic E-state index is -1.26. The summed E-state index contributed by atoms with van der Waals surface area (Å²) in [6, 6.07) is 2.30. The average Bonchev–Trinajstić information content (AvgIpc) is 3.20. The summed E-state index contributed by atoms with van der Waals surface area (Å²) in [5.74, 6) is -1.17. The normalized spacial score (nSPS) is 21.1. The first kappa shape index (κ1) is 26.4. The molecule has 3 heterocycles. The topological polar surface area (TPSA) is 115 Å². The zero-order chi connectivity index (χ0) is 25.4. The van der Waals surface area contributed by atoms with Crippen molar-refractivity contribution in [3.8, 4) is 0 Å². The van der Waals surface area contributed by atoms with Crippen LogP contribution < -0.4 is 0 Å². The standard InChI is InChI=1S/C21H25N3.C4H4O4.C2H6O/c1-23-11-8-15(9-12-23)18-6-3-7-19-20(18)22-14-17-5-2-4-16-10-13-24(19)21(16)17;5-3(6)1-2-4(7)8;1-2-3/h3,5,7,10,13-15,18H,2,4,6,8-9,11-12H2,1H3;1-2H,(H,5,6)(H,7,8);3H,2H2,1H3/b;2-1+;. The van der Waals surface area contributed by atoms with E-state index in [1.807, 2.05) is 0 Å². The number of hydrogen-bond donors (Lipinski definition) is 3. The first-order chi connectivity index (χ1) is 16.8. The van der Waals surface area contributed by atoms with Crippen LogP contribution in [0.15, 0.2) is 53.3 Å². The Morgan fingerprint density at radius 3 is 2.46 bits per heavy atom. The van der Waals surface area contributed by atoms with Crippen LogP contribution in [-0.4, -0.2) is 69.7 Å². The lowest BCUT2D eigenvalue weighted by Gasteiger charge is -2.35. The van der Waals surface area contributed by atoms with Gasteiger partial charge in [-0.1, -0.05) is 12.2 Å². The number of aryl methyl sites for hydroxylation is 1. The van der Waals surface area contributed by atoms with Gasteiger partial charge in [-0.3, -0.25) is 4.99 Å². The van der Waals surface area contributed by atoms with Crippen LogP contribution in [0, 0.1) is 11.8 Å². The Kier molecular flexibility index (Phi) is 9.39. The highest BCUT2D eigenvalue weighted by molar-refractivity contribution is 6.12. The number of allylic oxidation sites excluding steroid dienone is 6. The molecule has 2 aliphatic heterocycles. The molecule has 1 fully saturated rings. The van der Waals surface area contributed by atoms with E-state index in [1.54, 1.807) is 6.92 Å². The lowest BCUT2D eigenvalue weighted by Crippen LogP contribution is -2.34. The van der Waals surface area contributed by atoms with Crippen LogP contribution in [0.5, 0.6) is 0 Å². The molecule has 1 aromatic heterocycles. The summed E-state index contributed by atoms with van der Waals surface area (Å²) in [5, 5.41) is 23.2. The smallest absolute Gasteiger partial charge is 0.328 e. The quantitative estimate of drug-likeness (QED) is 0.567. The molecule has 1 saturated heterocycles. The number of likely N-dealkylation sites (tertiary alicyclic amines) is 1. The van der Waals surface area contributed by atoms with Crippen molar-refractivity contribution in [3.05, 3.63) is 59.6 Å². The third-order valence-corrected chi connectivity index (χ3v) is 6.60. The van der Waals surface area contributed by atoms with E-state index in [0.717, 1.165) is 25.2 Å². The number of fused-ring (bicyclic) bond motifs is 1. The molecule has 0 saturated carbocycles. The molecule has 1 unspecified atom stereocenters. The Balaban J connectivity index is 0.000000265. The second kappa shape index (κ2) is 12.5. The van der Waals surface area contributed by atoms with Crippen LogP contribution in [0.1, 0.15) is 43.9 Å². The molecular weight excluding hydrogens is 446 g/mol. The molecule has 5 rings (SSSR count). The van der Waals surface area contributed by atoms with Crippen molar-refractivity contribution in [2.24, 2.45) is 16.8 Å². The fraction of sp³-hybridized carbons (Fsp3) is 0.444. The van der Waals surface area contributed by atoms with E-state index < -0.39 is 11.9 Å². The van der Waals surface area contributed by atoms with Crippen molar-refractivity contribution in [2.45, 2.75) is 39.0 Å². The first-order valence-electron chi connectivity index (χ1n) is 12.1. The number of aromatic nitrogens is 1. The molecule has 0 aromatic carbocycles. The fourth-order valence-corrected chi connectivity index (χ4v) is 5.00.